The number of hydrogen-bond acceptors (Lipinski definition) is 1. The Labute approximate surface area is 129 Å². The highest BCUT2D eigenvalue weighted by Crippen LogP contribution is 2.26. The van der Waals surface area contributed by atoms with Gasteiger partial charge in [0.1, 0.15) is 5.82 Å². The average Bonchev–Trinajstić information content (AvgIpc) is 2.41. The summed E-state index contributed by atoms with van der Waals surface area (Å²) in [6.07, 6.45) is -0.0178. The van der Waals surface area contributed by atoms with Crippen LogP contribution in [0, 0.1) is 33.5 Å². The van der Waals surface area contributed by atoms with E-state index in [1.807, 2.05) is 27.7 Å². The molecule has 0 saturated heterocycles. The first-order valence-corrected chi connectivity index (χ1v) is 7.24. The zero-order valence-electron chi connectivity index (χ0n) is 12.7. The average molecular weight is 305 g/mol. The molecular weight excluding hydrogens is 287 g/mol. The highest BCUT2D eigenvalue weighted by atomic mass is 35.5. The summed E-state index contributed by atoms with van der Waals surface area (Å²) in [7, 11) is 0. The van der Waals surface area contributed by atoms with Gasteiger partial charge in [-0.2, -0.15) is 0 Å². The normalized spacial score (nSPS) is 10.8. The number of carbonyl (C=O) groups is 1. The summed E-state index contributed by atoms with van der Waals surface area (Å²) in [4.78, 5) is 12.6. The van der Waals surface area contributed by atoms with Crippen molar-refractivity contribution in [2.24, 2.45) is 0 Å². The Morgan fingerprint density at radius 2 is 1.67 bits per heavy atom. The van der Waals surface area contributed by atoms with E-state index in [4.69, 9.17) is 11.6 Å². The number of hydrogen-bond donors (Lipinski definition) is 0. The van der Waals surface area contributed by atoms with Gasteiger partial charge in [-0.1, -0.05) is 23.7 Å². The SMILES string of the molecule is Cc1cc(C)c(C)c(C(=O)Cc2c(F)cccc2Cl)c1C. The maximum Gasteiger partial charge on any atom is 0.167 e. The first-order valence-electron chi connectivity index (χ1n) is 6.86. The Morgan fingerprint density at radius 1 is 1.10 bits per heavy atom. The number of Topliss-reactive ketones (excluding diaryl/α,β-unsaturated/α-hetero) is 1. The number of aryl methyl sites for hydroxylation is 2. The van der Waals surface area contributed by atoms with Crippen LogP contribution in [0.15, 0.2) is 24.3 Å². The monoisotopic (exact) mass is 304 g/mol. The molecule has 0 aromatic heterocycles. The predicted molar refractivity (Wildman–Crippen MR) is 84.8 cm³/mol. The van der Waals surface area contributed by atoms with Gasteiger partial charge in [0.05, 0.1) is 0 Å². The molecule has 0 N–H and O–H groups in total. The molecule has 0 aliphatic heterocycles. The maximum absolute atomic E-state index is 13.8. The first-order chi connectivity index (χ1) is 9.82. The van der Waals surface area contributed by atoms with E-state index in [1.54, 1.807) is 12.1 Å². The molecule has 3 heteroatoms. The van der Waals surface area contributed by atoms with Gasteiger partial charge in [-0.05, 0) is 62.1 Å². The van der Waals surface area contributed by atoms with Crippen molar-refractivity contribution in [3.63, 3.8) is 0 Å². The van der Waals surface area contributed by atoms with E-state index in [9.17, 15) is 9.18 Å². The number of halogens is 2. The summed E-state index contributed by atoms with van der Waals surface area (Å²) in [6, 6.07) is 6.54. The molecule has 0 aliphatic carbocycles. The molecule has 0 bridgehead atoms. The van der Waals surface area contributed by atoms with Crippen LogP contribution >= 0.6 is 11.6 Å². The van der Waals surface area contributed by atoms with Gasteiger partial charge < -0.3 is 0 Å². The van der Waals surface area contributed by atoms with Crippen LogP contribution in [0.5, 0.6) is 0 Å². The summed E-state index contributed by atoms with van der Waals surface area (Å²) in [5.74, 6) is -0.528. The summed E-state index contributed by atoms with van der Waals surface area (Å²) in [5.41, 5.74) is 5.00. The zero-order chi connectivity index (χ0) is 15.7. The second kappa shape index (κ2) is 5.98. The van der Waals surface area contributed by atoms with Gasteiger partial charge >= 0.3 is 0 Å². The quantitative estimate of drug-likeness (QED) is 0.718. The van der Waals surface area contributed by atoms with Crippen molar-refractivity contribution in [1.29, 1.82) is 0 Å². The molecule has 0 amide bonds. The molecule has 0 aliphatic rings. The highest BCUT2D eigenvalue weighted by Gasteiger charge is 2.19. The van der Waals surface area contributed by atoms with E-state index in [2.05, 4.69) is 6.07 Å². The van der Waals surface area contributed by atoms with Crippen LogP contribution < -0.4 is 0 Å². The lowest BCUT2D eigenvalue weighted by Crippen LogP contribution is -2.11. The van der Waals surface area contributed by atoms with Gasteiger partial charge in [-0.15, -0.1) is 0 Å². The number of rotatable bonds is 3. The molecule has 1 nitrogen and oxygen atoms in total. The summed E-state index contributed by atoms with van der Waals surface area (Å²) in [6.45, 7) is 7.82. The Balaban J connectivity index is 2.47. The Hall–Kier alpha value is -1.67. The Kier molecular flexibility index (Phi) is 4.48. The van der Waals surface area contributed by atoms with Crippen LogP contribution in [0.1, 0.15) is 38.2 Å². The van der Waals surface area contributed by atoms with Crippen molar-refractivity contribution in [2.45, 2.75) is 34.1 Å². The maximum atomic E-state index is 13.8. The van der Waals surface area contributed by atoms with E-state index < -0.39 is 5.82 Å². The number of carbonyl (C=O) groups excluding carboxylic acids is 1. The van der Waals surface area contributed by atoms with Crippen LogP contribution in [0.4, 0.5) is 4.39 Å². The molecule has 110 valence electrons. The van der Waals surface area contributed by atoms with Crippen molar-refractivity contribution in [2.75, 3.05) is 0 Å². The number of benzene rings is 2. The fraction of sp³-hybridized carbons (Fsp3) is 0.278. The van der Waals surface area contributed by atoms with Crippen molar-refractivity contribution in [1.82, 2.24) is 0 Å². The molecule has 2 aromatic rings. The third-order valence-corrected chi connectivity index (χ3v) is 4.40. The predicted octanol–water partition coefficient (Wildman–Crippen LogP) is 5.14. The minimum absolute atomic E-state index is 0.0178. The van der Waals surface area contributed by atoms with Crippen LogP contribution in [0.3, 0.4) is 0 Å². The van der Waals surface area contributed by atoms with E-state index in [1.165, 1.54) is 6.07 Å². The molecule has 0 spiro atoms. The van der Waals surface area contributed by atoms with Crippen molar-refractivity contribution in [3.05, 3.63) is 68.5 Å². The van der Waals surface area contributed by atoms with Gasteiger partial charge in [0, 0.05) is 22.6 Å². The molecule has 0 heterocycles. The lowest BCUT2D eigenvalue weighted by atomic mass is 9.89. The molecule has 0 fully saturated rings. The molecule has 0 unspecified atom stereocenters. The minimum Gasteiger partial charge on any atom is -0.294 e. The lowest BCUT2D eigenvalue weighted by molar-refractivity contribution is 0.0990. The lowest BCUT2D eigenvalue weighted by Gasteiger charge is -2.15. The van der Waals surface area contributed by atoms with Crippen LogP contribution in [0.2, 0.25) is 5.02 Å². The van der Waals surface area contributed by atoms with Gasteiger partial charge in [0.15, 0.2) is 5.78 Å². The van der Waals surface area contributed by atoms with E-state index >= 15 is 0 Å². The standard InChI is InChI=1S/C18H18ClFO/c1-10-8-11(2)13(4)18(12(10)3)17(21)9-14-15(19)6-5-7-16(14)20/h5-8H,9H2,1-4H3. The largest absolute Gasteiger partial charge is 0.294 e. The molecule has 0 atom stereocenters. The number of ketones is 1. The summed E-state index contributed by atoms with van der Waals surface area (Å²) < 4.78 is 13.8. The van der Waals surface area contributed by atoms with Crippen LogP contribution in [-0.2, 0) is 6.42 Å². The molecule has 2 aromatic carbocycles. The fourth-order valence-corrected chi connectivity index (χ4v) is 2.82. The van der Waals surface area contributed by atoms with Gasteiger partial charge in [-0.3, -0.25) is 4.79 Å². The van der Waals surface area contributed by atoms with Crippen molar-refractivity contribution in [3.8, 4) is 0 Å². The summed E-state index contributed by atoms with van der Waals surface area (Å²) in [5, 5.41) is 0.294. The van der Waals surface area contributed by atoms with Crippen LogP contribution in [-0.4, -0.2) is 5.78 Å². The molecular formula is C18H18ClFO. The van der Waals surface area contributed by atoms with Gasteiger partial charge in [0.2, 0.25) is 0 Å². The second-order valence-corrected chi connectivity index (χ2v) is 5.84. The molecule has 21 heavy (non-hydrogen) atoms. The van der Waals surface area contributed by atoms with E-state index in [0.29, 0.717) is 10.6 Å². The van der Waals surface area contributed by atoms with Gasteiger partial charge in [0.25, 0.3) is 0 Å². The summed E-state index contributed by atoms with van der Waals surface area (Å²) >= 11 is 6.01. The first kappa shape index (κ1) is 15.7. The third kappa shape index (κ3) is 3.01. The highest BCUT2D eigenvalue weighted by molar-refractivity contribution is 6.31. The Bertz CT molecular complexity index is 673. The van der Waals surface area contributed by atoms with E-state index in [-0.39, 0.29) is 17.8 Å². The van der Waals surface area contributed by atoms with E-state index in [0.717, 1.165) is 22.3 Å². The molecule has 0 radical (unpaired) electrons. The van der Waals surface area contributed by atoms with Gasteiger partial charge in [-0.25, -0.2) is 4.39 Å². The topological polar surface area (TPSA) is 17.1 Å². The third-order valence-electron chi connectivity index (χ3n) is 4.04. The Morgan fingerprint density at radius 3 is 2.19 bits per heavy atom. The molecule has 0 saturated carbocycles. The smallest absolute Gasteiger partial charge is 0.167 e. The van der Waals surface area contributed by atoms with Crippen molar-refractivity contribution < 1.29 is 9.18 Å². The minimum atomic E-state index is -0.435. The fourth-order valence-electron chi connectivity index (χ4n) is 2.59. The second-order valence-electron chi connectivity index (χ2n) is 5.44. The van der Waals surface area contributed by atoms with Crippen LogP contribution in [0.25, 0.3) is 0 Å². The molecule has 2 rings (SSSR count). The zero-order valence-corrected chi connectivity index (χ0v) is 13.4. The van der Waals surface area contributed by atoms with Crippen molar-refractivity contribution >= 4 is 17.4 Å².